The number of carbonyl (C=O) groups excluding carboxylic acids is 2. The van der Waals surface area contributed by atoms with E-state index in [1.165, 1.54) is 11.8 Å². The SMILES string of the molecule is Cc1cc(C)cc(NC(=O)CCSCC(N)=O)c1. The van der Waals surface area contributed by atoms with Crippen molar-refractivity contribution in [3.8, 4) is 0 Å². The largest absolute Gasteiger partial charge is 0.369 e. The Bertz CT molecular complexity index is 426. The van der Waals surface area contributed by atoms with Crippen molar-refractivity contribution in [1.82, 2.24) is 0 Å². The van der Waals surface area contributed by atoms with Crippen molar-refractivity contribution < 1.29 is 9.59 Å². The molecule has 3 N–H and O–H groups in total. The first-order valence-corrected chi connectivity index (χ1v) is 6.87. The minimum Gasteiger partial charge on any atom is -0.369 e. The molecule has 2 amide bonds. The number of aryl methyl sites for hydroxylation is 2. The van der Waals surface area contributed by atoms with Crippen LogP contribution in [0.4, 0.5) is 5.69 Å². The number of carbonyl (C=O) groups is 2. The summed E-state index contributed by atoms with van der Waals surface area (Å²) in [6.07, 6.45) is 0.380. The summed E-state index contributed by atoms with van der Waals surface area (Å²) in [4.78, 5) is 22.1. The van der Waals surface area contributed by atoms with Gasteiger partial charge in [-0.05, 0) is 37.1 Å². The fourth-order valence-corrected chi connectivity index (χ4v) is 2.28. The molecule has 0 bridgehead atoms. The molecular formula is C13H18N2O2S. The molecule has 0 saturated carbocycles. The van der Waals surface area contributed by atoms with Gasteiger partial charge in [0.05, 0.1) is 5.75 Å². The number of rotatable bonds is 6. The number of anilines is 1. The molecular weight excluding hydrogens is 248 g/mol. The third kappa shape index (κ3) is 5.72. The van der Waals surface area contributed by atoms with E-state index in [0.717, 1.165) is 16.8 Å². The molecule has 4 nitrogen and oxygen atoms in total. The summed E-state index contributed by atoms with van der Waals surface area (Å²) in [5, 5.41) is 2.84. The van der Waals surface area contributed by atoms with Gasteiger partial charge in [-0.25, -0.2) is 0 Å². The molecule has 0 fully saturated rings. The van der Waals surface area contributed by atoms with Gasteiger partial charge in [0.1, 0.15) is 0 Å². The van der Waals surface area contributed by atoms with Crippen LogP contribution in [0.5, 0.6) is 0 Å². The third-order valence-electron chi connectivity index (χ3n) is 2.22. The first-order valence-electron chi connectivity index (χ1n) is 5.71. The second kappa shape index (κ2) is 7.06. The summed E-state index contributed by atoms with van der Waals surface area (Å²) >= 11 is 1.37. The van der Waals surface area contributed by atoms with E-state index in [4.69, 9.17) is 5.73 Å². The number of amides is 2. The molecule has 0 unspecified atom stereocenters. The van der Waals surface area contributed by atoms with Gasteiger partial charge in [-0.15, -0.1) is 0 Å². The van der Waals surface area contributed by atoms with Crippen LogP contribution in [0.25, 0.3) is 0 Å². The van der Waals surface area contributed by atoms with Crippen molar-refractivity contribution in [3.05, 3.63) is 29.3 Å². The summed E-state index contributed by atoms with van der Waals surface area (Å²) in [5.74, 6) is 0.461. The molecule has 0 aromatic heterocycles. The Morgan fingerprint density at radius 2 is 1.83 bits per heavy atom. The predicted molar refractivity (Wildman–Crippen MR) is 75.7 cm³/mol. The normalized spacial score (nSPS) is 10.1. The Hall–Kier alpha value is -1.49. The molecule has 0 radical (unpaired) electrons. The number of benzene rings is 1. The van der Waals surface area contributed by atoms with E-state index >= 15 is 0 Å². The molecule has 1 aromatic carbocycles. The van der Waals surface area contributed by atoms with E-state index in [1.54, 1.807) is 0 Å². The number of nitrogens with two attached hydrogens (primary N) is 1. The monoisotopic (exact) mass is 266 g/mol. The van der Waals surface area contributed by atoms with Gasteiger partial charge in [0.25, 0.3) is 0 Å². The first-order chi connectivity index (χ1) is 8.47. The zero-order chi connectivity index (χ0) is 13.5. The maximum atomic E-state index is 11.6. The molecule has 1 rings (SSSR count). The van der Waals surface area contributed by atoms with Gasteiger partial charge in [-0.3, -0.25) is 9.59 Å². The highest BCUT2D eigenvalue weighted by molar-refractivity contribution is 7.99. The molecule has 18 heavy (non-hydrogen) atoms. The van der Waals surface area contributed by atoms with Gasteiger partial charge in [0, 0.05) is 17.9 Å². The lowest BCUT2D eigenvalue weighted by Gasteiger charge is -2.07. The topological polar surface area (TPSA) is 72.2 Å². The van der Waals surface area contributed by atoms with Crippen LogP contribution in [-0.4, -0.2) is 23.3 Å². The average molecular weight is 266 g/mol. The van der Waals surface area contributed by atoms with E-state index in [2.05, 4.69) is 11.4 Å². The highest BCUT2D eigenvalue weighted by Crippen LogP contribution is 2.14. The Labute approximate surface area is 111 Å². The zero-order valence-electron chi connectivity index (χ0n) is 10.7. The van der Waals surface area contributed by atoms with Crippen LogP contribution < -0.4 is 11.1 Å². The lowest BCUT2D eigenvalue weighted by Crippen LogP contribution is -2.15. The minimum absolute atomic E-state index is 0.0445. The molecule has 0 heterocycles. The van der Waals surface area contributed by atoms with Crippen LogP contribution in [0.2, 0.25) is 0 Å². The van der Waals surface area contributed by atoms with Crippen LogP contribution in [0.15, 0.2) is 18.2 Å². The predicted octanol–water partition coefficient (Wildman–Crippen LogP) is 1.85. The molecule has 0 spiro atoms. The molecule has 98 valence electrons. The Balaban J connectivity index is 2.37. The van der Waals surface area contributed by atoms with Crippen molar-refractivity contribution in [3.63, 3.8) is 0 Å². The van der Waals surface area contributed by atoms with Crippen LogP contribution in [-0.2, 0) is 9.59 Å². The van der Waals surface area contributed by atoms with Gasteiger partial charge in [-0.1, -0.05) is 6.07 Å². The Kier molecular flexibility index (Phi) is 5.71. The summed E-state index contributed by atoms with van der Waals surface area (Å²) in [6, 6.07) is 5.92. The summed E-state index contributed by atoms with van der Waals surface area (Å²) in [6.45, 7) is 3.98. The summed E-state index contributed by atoms with van der Waals surface area (Å²) < 4.78 is 0. The quantitative estimate of drug-likeness (QED) is 0.772. The number of hydrogen-bond acceptors (Lipinski definition) is 3. The molecule has 0 aliphatic heterocycles. The van der Waals surface area contributed by atoms with E-state index in [0.29, 0.717) is 12.2 Å². The molecule has 1 aromatic rings. The van der Waals surface area contributed by atoms with Gasteiger partial charge < -0.3 is 11.1 Å². The van der Waals surface area contributed by atoms with E-state index < -0.39 is 0 Å². The van der Waals surface area contributed by atoms with Crippen LogP contribution >= 0.6 is 11.8 Å². The molecule has 0 atom stereocenters. The second-order valence-corrected chi connectivity index (χ2v) is 5.30. The molecule has 0 aliphatic rings. The van der Waals surface area contributed by atoms with Crippen LogP contribution in [0, 0.1) is 13.8 Å². The maximum Gasteiger partial charge on any atom is 0.227 e. The number of thioether (sulfide) groups is 1. The molecule has 5 heteroatoms. The number of nitrogens with one attached hydrogen (secondary N) is 1. The van der Waals surface area contributed by atoms with Crippen molar-refractivity contribution in [2.45, 2.75) is 20.3 Å². The van der Waals surface area contributed by atoms with E-state index in [-0.39, 0.29) is 17.6 Å². The third-order valence-corrected chi connectivity index (χ3v) is 3.20. The Morgan fingerprint density at radius 3 is 2.39 bits per heavy atom. The lowest BCUT2D eigenvalue weighted by atomic mass is 10.1. The average Bonchev–Trinajstić information content (AvgIpc) is 2.22. The second-order valence-electron chi connectivity index (χ2n) is 4.19. The van der Waals surface area contributed by atoms with Gasteiger partial charge >= 0.3 is 0 Å². The van der Waals surface area contributed by atoms with Crippen LogP contribution in [0.3, 0.4) is 0 Å². The van der Waals surface area contributed by atoms with Gasteiger partial charge in [0.15, 0.2) is 0 Å². The molecule has 0 aliphatic carbocycles. The summed E-state index contributed by atoms with van der Waals surface area (Å²) in [5.41, 5.74) is 8.06. The van der Waals surface area contributed by atoms with Crippen molar-refractivity contribution in [2.75, 3.05) is 16.8 Å². The van der Waals surface area contributed by atoms with Crippen molar-refractivity contribution in [1.29, 1.82) is 0 Å². The fourth-order valence-electron chi connectivity index (χ4n) is 1.61. The van der Waals surface area contributed by atoms with E-state index in [9.17, 15) is 9.59 Å². The van der Waals surface area contributed by atoms with Gasteiger partial charge in [0.2, 0.25) is 11.8 Å². The number of primary amides is 1. The lowest BCUT2D eigenvalue weighted by molar-refractivity contribution is -0.116. The van der Waals surface area contributed by atoms with Crippen molar-refractivity contribution >= 4 is 29.3 Å². The van der Waals surface area contributed by atoms with Crippen molar-refractivity contribution in [2.24, 2.45) is 5.73 Å². The van der Waals surface area contributed by atoms with E-state index in [1.807, 2.05) is 26.0 Å². The minimum atomic E-state index is -0.352. The highest BCUT2D eigenvalue weighted by Gasteiger charge is 2.04. The first kappa shape index (κ1) is 14.6. The summed E-state index contributed by atoms with van der Waals surface area (Å²) in [7, 11) is 0. The zero-order valence-corrected chi connectivity index (χ0v) is 11.5. The maximum absolute atomic E-state index is 11.6. The fraction of sp³-hybridized carbons (Fsp3) is 0.385. The number of hydrogen-bond donors (Lipinski definition) is 2. The highest BCUT2D eigenvalue weighted by atomic mass is 32.2. The molecule has 0 saturated heterocycles. The standard InChI is InChI=1S/C13H18N2O2S/c1-9-5-10(2)7-11(6-9)15-13(17)3-4-18-8-12(14)16/h5-7H,3-4,8H2,1-2H3,(H2,14,16)(H,15,17). The Morgan fingerprint density at radius 1 is 1.22 bits per heavy atom. The van der Waals surface area contributed by atoms with Crippen LogP contribution in [0.1, 0.15) is 17.5 Å². The van der Waals surface area contributed by atoms with Gasteiger partial charge in [-0.2, -0.15) is 11.8 Å². The smallest absolute Gasteiger partial charge is 0.227 e.